The summed E-state index contributed by atoms with van der Waals surface area (Å²) in [7, 11) is 0. The van der Waals surface area contributed by atoms with Crippen LogP contribution in [0.1, 0.15) is 15.4 Å². The van der Waals surface area contributed by atoms with E-state index in [2.05, 4.69) is 10.3 Å². The quantitative estimate of drug-likeness (QED) is 0.494. The van der Waals surface area contributed by atoms with Crippen molar-refractivity contribution in [3.8, 4) is 0 Å². The number of nitrogens with two attached hydrogens (primary N) is 1. The number of nitrogens with one attached hydrogen (secondary N) is 1. The summed E-state index contributed by atoms with van der Waals surface area (Å²) in [6.07, 6.45) is 2.27. The molecule has 0 saturated carbocycles. The van der Waals surface area contributed by atoms with Crippen LogP contribution in [-0.4, -0.2) is 22.4 Å². The van der Waals surface area contributed by atoms with Gasteiger partial charge in [0.1, 0.15) is 11.3 Å². The van der Waals surface area contributed by atoms with Crippen LogP contribution in [0.25, 0.3) is 0 Å². The van der Waals surface area contributed by atoms with Crippen LogP contribution < -0.4 is 11.1 Å². The number of hydrogen-bond donors (Lipinski definition) is 2. The van der Waals surface area contributed by atoms with Gasteiger partial charge in [-0.25, -0.2) is 4.98 Å². The molecule has 0 bridgehead atoms. The molecule has 0 radical (unpaired) electrons. The van der Waals surface area contributed by atoms with E-state index >= 15 is 0 Å². The molecule has 3 N–H and O–H groups in total. The second-order valence-corrected chi connectivity index (χ2v) is 4.91. The molecule has 0 saturated heterocycles. The molecule has 7 nitrogen and oxygen atoms in total. The number of carbonyl (C=O) groups excluding carboxylic acids is 1. The maximum absolute atomic E-state index is 12.0. The maximum atomic E-state index is 12.0. The average Bonchev–Trinajstić information content (AvgIpc) is 2.91. The summed E-state index contributed by atoms with van der Waals surface area (Å²) in [4.78, 5) is 26.3. The number of carbonyl (C=O) groups is 1. The molecule has 0 unspecified atom stereocenters. The lowest BCUT2D eigenvalue weighted by atomic mass is 10.1. The molecule has 20 heavy (non-hydrogen) atoms. The minimum atomic E-state index is -0.648. The molecule has 1 heterocycles. The predicted octanol–water partition coefficient (Wildman–Crippen LogP) is 1.61. The monoisotopic (exact) mass is 292 g/mol. The third-order valence-corrected chi connectivity index (χ3v) is 3.44. The molecule has 0 spiro atoms. The fourth-order valence-corrected chi connectivity index (χ4v) is 2.32. The lowest BCUT2D eigenvalue weighted by Crippen LogP contribution is -2.26. The largest absolute Gasteiger partial charge is 0.393 e. The Balaban J connectivity index is 2.06. The number of benzene rings is 1. The van der Waals surface area contributed by atoms with Gasteiger partial charge in [-0.3, -0.25) is 14.9 Å². The first-order valence-corrected chi connectivity index (χ1v) is 6.67. The van der Waals surface area contributed by atoms with Crippen molar-refractivity contribution in [2.45, 2.75) is 6.42 Å². The minimum Gasteiger partial charge on any atom is -0.393 e. The number of thiazole rings is 1. The molecule has 2 aromatic rings. The Bertz CT molecular complexity index is 628. The van der Waals surface area contributed by atoms with Gasteiger partial charge in [-0.1, -0.05) is 6.07 Å². The molecule has 0 aliphatic heterocycles. The van der Waals surface area contributed by atoms with Crippen molar-refractivity contribution in [2.75, 3.05) is 12.3 Å². The van der Waals surface area contributed by atoms with Gasteiger partial charge in [-0.15, -0.1) is 11.3 Å². The van der Waals surface area contributed by atoms with E-state index in [-0.39, 0.29) is 16.9 Å². The number of anilines is 1. The van der Waals surface area contributed by atoms with Crippen molar-refractivity contribution in [1.82, 2.24) is 10.3 Å². The summed E-state index contributed by atoms with van der Waals surface area (Å²) >= 11 is 1.49. The standard InChI is InChI=1S/C12H12N4O3S/c13-9-3-1-2-8(11(9)16(18)19)12(17)15-5-4-10-14-6-7-20-10/h1-3,6-7H,4-5,13H2,(H,15,17). The zero-order valence-electron chi connectivity index (χ0n) is 10.4. The maximum Gasteiger partial charge on any atom is 0.304 e. The molecule has 0 aliphatic rings. The fraction of sp³-hybridized carbons (Fsp3) is 0.167. The fourth-order valence-electron chi connectivity index (χ4n) is 1.70. The van der Waals surface area contributed by atoms with Gasteiger partial charge in [-0.05, 0) is 12.1 Å². The summed E-state index contributed by atoms with van der Waals surface area (Å²) < 4.78 is 0. The highest BCUT2D eigenvalue weighted by molar-refractivity contribution is 7.09. The number of amides is 1. The van der Waals surface area contributed by atoms with Gasteiger partial charge in [0.15, 0.2) is 0 Å². The zero-order valence-corrected chi connectivity index (χ0v) is 11.2. The summed E-state index contributed by atoms with van der Waals surface area (Å²) in [6.45, 7) is 0.359. The number of para-hydroxylation sites is 1. The van der Waals surface area contributed by atoms with Crippen molar-refractivity contribution in [2.24, 2.45) is 0 Å². The molecule has 1 amide bonds. The number of nitro groups is 1. The van der Waals surface area contributed by atoms with E-state index in [1.165, 1.54) is 29.5 Å². The predicted molar refractivity (Wildman–Crippen MR) is 75.7 cm³/mol. The highest BCUT2D eigenvalue weighted by Gasteiger charge is 2.22. The van der Waals surface area contributed by atoms with E-state index in [1.54, 1.807) is 6.20 Å². The van der Waals surface area contributed by atoms with E-state index in [0.717, 1.165) is 5.01 Å². The Morgan fingerprint density at radius 2 is 2.30 bits per heavy atom. The van der Waals surface area contributed by atoms with E-state index in [0.29, 0.717) is 13.0 Å². The van der Waals surface area contributed by atoms with Gasteiger partial charge < -0.3 is 11.1 Å². The van der Waals surface area contributed by atoms with Crippen molar-refractivity contribution in [3.63, 3.8) is 0 Å². The summed E-state index contributed by atoms with van der Waals surface area (Å²) in [5.41, 5.74) is 5.12. The molecular weight excluding hydrogens is 280 g/mol. The molecule has 8 heteroatoms. The summed E-state index contributed by atoms with van der Waals surface area (Å²) in [6, 6.07) is 4.29. The van der Waals surface area contributed by atoms with Crippen LogP contribution in [0.3, 0.4) is 0 Å². The van der Waals surface area contributed by atoms with E-state index < -0.39 is 10.8 Å². The van der Waals surface area contributed by atoms with Crippen LogP contribution >= 0.6 is 11.3 Å². The van der Waals surface area contributed by atoms with Gasteiger partial charge in [0.25, 0.3) is 5.91 Å². The lowest BCUT2D eigenvalue weighted by Gasteiger charge is -2.06. The van der Waals surface area contributed by atoms with Gasteiger partial charge in [0.05, 0.1) is 9.93 Å². The molecule has 2 rings (SSSR count). The number of nitrogens with zero attached hydrogens (tertiary/aromatic N) is 2. The van der Waals surface area contributed by atoms with E-state index in [4.69, 9.17) is 5.73 Å². The molecule has 104 valence electrons. The lowest BCUT2D eigenvalue weighted by molar-refractivity contribution is -0.384. The minimum absolute atomic E-state index is 0.0254. The number of aromatic nitrogens is 1. The van der Waals surface area contributed by atoms with Crippen molar-refractivity contribution in [3.05, 3.63) is 50.5 Å². The van der Waals surface area contributed by atoms with Crippen molar-refractivity contribution in [1.29, 1.82) is 0 Å². The van der Waals surface area contributed by atoms with Crippen LogP contribution in [0.5, 0.6) is 0 Å². The molecule has 1 aromatic heterocycles. The highest BCUT2D eigenvalue weighted by Crippen LogP contribution is 2.25. The van der Waals surface area contributed by atoms with Gasteiger partial charge in [0, 0.05) is 24.5 Å². The third-order valence-electron chi connectivity index (χ3n) is 2.60. The highest BCUT2D eigenvalue weighted by atomic mass is 32.1. The number of nitro benzene ring substituents is 1. The summed E-state index contributed by atoms with van der Waals surface area (Å²) in [5.74, 6) is -0.513. The molecule has 0 fully saturated rings. The van der Waals surface area contributed by atoms with Gasteiger partial charge in [0.2, 0.25) is 0 Å². The second-order valence-electron chi connectivity index (χ2n) is 3.93. The first-order valence-electron chi connectivity index (χ1n) is 5.79. The van der Waals surface area contributed by atoms with Crippen LogP contribution in [-0.2, 0) is 6.42 Å². The molecule has 0 aliphatic carbocycles. The van der Waals surface area contributed by atoms with E-state index in [1.807, 2.05) is 5.38 Å². The Hall–Kier alpha value is -2.48. The molecule has 1 aromatic carbocycles. The van der Waals surface area contributed by atoms with Crippen molar-refractivity contribution >= 4 is 28.6 Å². The van der Waals surface area contributed by atoms with Crippen LogP contribution in [0.4, 0.5) is 11.4 Å². The molecular formula is C12H12N4O3S. The van der Waals surface area contributed by atoms with Gasteiger partial charge >= 0.3 is 5.69 Å². The number of hydrogen-bond acceptors (Lipinski definition) is 6. The Kier molecular flexibility index (Phi) is 4.26. The van der Waals surface area contributed by atoms with Crippen LogP contribution in [0.15, 0.2) is 29.8 Å². The van der Waals surface area contributed by atoms with E-state index in [9.17, 15) is 14.9 Å². The normalized spacial score (nSPS) is 10.2. The van der Waals surface area contributed by atoms with Crippen molar-refractivity contribution < 1.29 is 9.72 Å². The first kappa shape index (κ1) is 13.9. The second kappa shape index (κ2) is 6.11. The zero-order chi connectivity index (χ0) is 14.5. The number of nitrogen functional groups attached to an aromatic ring is 1. The van der Waals surface area contributed by atoms with Crippen LogP contribution in [0, 0.1) is 10.1 Å². The first-order chi connectivity index (χ1) is 9.59. The Morgan fingerprint density at radius 3 is 2.95 bits per heavy atom. The third kappa shape index (κ3) is 3.09. The average molecular weight is 292 g/mol. The Morgan fingerprint density at radius 1 is 1.50 bits per heavy atom. The number of rotatable bonds is 5. The Labute approximate surface area is 118 Å². The molecule has 0 atom stereocenters. The topological polar surface area (TPSA) is 111 Å². The van der Waals surface area contributed by atoms with Crippen LogP contribution in [0.2, 0.25) is 0 Å². The smallest absolute Gasteiger partial charge is 0.304 e. The SMILES string of the molecule is Nc1cccc(C(=O)NCCc2nccs2)c1[N+](=O)[O-]. The summed E-state index contributed by atoms with van der Waals surface area (Å²) in [5, 5.41) is 16.3. The van der Waals surface area contributed by atoms with Gasteiger partial charge in [-0.2, -0.15) is 0 Å².